The molecule has 6 bridgehead atoms. The number of piperazine rings is 1. The van der Waals surface area contributed by atoms with Crippen LogP contribution in [0.25, 0.3) is 33.4 Å². The maximum absolute atomic E-state index is 14.8. The molecule has 4 aliphatic heterocycles. The Hall–Kier alpha value is -5.43. The highest BCUT2D eigenvalue weighted by Crippen LogP contribution is 2.57. The van der Waals surface area contributed by atoms with Crippen molar-refractivity contribution in [3.63, 3.8) is 0 Å². The van der Waals surface area contributed by atoms with E-state index in [2.05, 4.69) is 77.2 Å². The second-order valence-electron chi connectivity index (χ2n) is 21.0. The van der Waals surface area contributed by atoms with Gasteiger partial charge in [0.05, 0.1) is 40.6 Å². The highest BCUT2D eigenvalue weighted by molar-refractivity contribution is 7.10. The number of thiazole rings is 1. The molecule has 3 saturated heterocycles. The van der Waals surface area contributed by atoms with E-state index in [4.69, 9.17) is 19.4 Å². The second-order valence-corrected chi connectivity index (χ2v) is 22.0. The van der Waals surface area contributed by atoms with Crippen molar-refractivity contribution in [1.29, 1.82) is 0 Å². The SMILES string of the molecule is CCn1c2c3c4cc(ccc41)-c1csc(n1)C[C@H](NC(=O)[C@H](C(C)C)N(C)C(=O)N1CCCC(CC=O)C1)C(=O)N1CCC[C@H](N1)C(=O)OCC(C)(C)C3[C@H](OC)c1ncc(N3CCN(C)CC3)cc1-2. The van der Waals surface area contributed by atoms with E-state index < -0.39 is 47.4 Å². The third-order valence-corrected chi connectivity index (χ3v) is 16.3. The van der Waals surface area contributed by atoms with Gasteiger partial charge < -0.3 is 43.8 Å². The summed E-state index contributed by atoms with van der Waals surface area (Å²) < 4.78 is 15.2. The summed E-state index contributed by atoms with van der Waals surface area (Å²) in [6.45, 7) is 16.0. The fraction of sp³-hybridized carbons (Fsp3) is 0.596. The number of piperidine rings is 1. The molecule has 1 aliphatic carbocycles. The number of rotatable bonds is 9. The van der Waals surface area contributed by atoms with Crippen molar-refractivity contribution in [1.82, 2.24) is 45.0 Å². The molecule has 9 rings (SSSR count). The van der Waals surface area contributed by atoms with Gasteiger partial charge in [-0.1, -0.05) is 33.8 Å². The summed E-state index contributed by atoms with van der Waals surface area (Å²) in [5, 5.41) is 8.19. The highest BCUT2D eigenvalue weighted by atomic mass is 32.1. The van der Waals surface area contributed by atoms with Gasteiger partial charge in [-0.3, -0.25) is 24.4 Å². The minimum atomic E-state index is -1.08. The number of aldehydes is 1. The van der Waals surface area contributed by atoms with Gasteiger partial charge in [0.25, 0.3) is 5.91 Å². The van der Waals surface area contributed by atoms with E-state index in [-0.39, 0.29) is 36.8 Å². The number of nitrogens with zero attached hydrogens (tertiary/aromatic N) is 8. The Kier molecular flexibility index (Phi) is 14.4. The molecule has 2 N–H and O–H groups in total. The Labute approximate surface area is 415 Å². The molecule has 18 heteroatoms. The molecule has 7 heterocycles. The summed E-state index contributed by atoms with van der Waals surface area (Å²) in [6, 6.07) is 5.68. The average Bonchev–Trinajstić information content (AvgIpc) is 3.96. The van der Waals surface area contributed by atoms with Crippen LogP contribution in [0.15, 0.2) is 35.8 Å². The molecule has 70 heavy (non-hydrogen) atoms. The first kappa shape index (κ1) is 49.5. The Morgan fingerprint density at radius 1 is 1.09 bits per heavy atom. The smallest absolute Gasteiger partial charge is 0.324 e. The number of cyclic esters (lactones) is 1. The van der Waals surface area contributed by atoms with Crippen LogP contribution < -0.4 is 15.6 Å². The number of methoxy groups -OCH3 is 1. The van der Waals surface area contributed by atoms with Crippen LogP contribution >= 0.6 is 11.3 Å². The van der Waals surface area contributed by atoms with Gasteiger partial charge in [-0.15, -0.1) is 11.3 Å². The van der Waals surface area contributed by atoms with E-state index in [1.807, 2.05) is 25.4 Å². The number of likely N-dealkylation sites (tertiary alicyclic amines) is 1. The molecule has 376 valence electrons. The van der Waals surface area contributed by atoms with Crippen molar-refractivity contribution < 1.29 is 33.4 Å². The van der Waals surface area contributed by atoms with E-state index in [1.165, 1.54) is 21.2 Å². The number of esters is 1. The van der Waals surface area contributed by atoms with Gasteiger partial charge in [-0.25, -0.2) is 15.2 Å². The van der Waals surface area contributed by atoms with E-state index in [9.17, 15) is 24.0 Å². The van der Waals surface area contributed by atoms with Crippen LogP contribution in [-0.2, 0) is 41.6 Å². The van der Waals surface area contributed by atoms with Crippen LogP contribution in [0.4, 0.5) is 10.5 Å². The van der Waals surface area contributed by atoms with Crippen LogP contribution in [0.3, 0.4) is 0 Å². The zero-order chi connectivity index (χ0) is 49.6. The summed E-state index contributed by atoms with van der Waals surface area (Å²) in [7, 11) is 5.52. The number of nitrogens with one attached hydrogen (secondary N) is 2. The maximum Gasteiger partial charge on any atom is 0.324 e. The van der Waals surface area contributed by atoms with Gasteiger partial charge in [-0.05, 0) is 75.3 Å². The van der Waals surface area contributed by atoms with Crippen LogP contribution in [0.2, 0.25) is 0 Å². The molecule has 17 nitrogen and oxygen atoms in total. The number of hydrogen-bond donors (Lipinski definition) is 2. The number of hydrazine groups is 1. The molecule has 3 aromatic heterocycles. The van der Waals surface area contributed by atoms with Crippen LogP contribution in [0.5, 0.6) is 0 Å². The van der Waals surface area contributed by atoms with Gasteiger partial charge >= 0.3 is 12.0 Å². The van der Waals surface area contributed by atoms with E-state index in [1.54, 1.807) is 19.1 Å². The molecule has 5 aliphatic rings. The minimum absolute atomic E-state index is 0.0707. The summed E-state index contributed by atoms with van der Waals surface area (Å²) in [4.78, 5) is 87.2. The topological polar surface area (TPSA) is 175 Å². The Balaban J connectivity index is 1.10. The first-order valence-electron chi connectivity index (χ1n) is 25.2. The van der Waals surface area contributed by atoms with Gasteiger partial charge in [-0.2, -0.15) is 0 Å². The number of carbonyl (C=O) groups is 5. The second kappa shape index (κ2) is 20.4. The molecule has 3 fully saturated rings. The summed E-state index contributed by atoms with van der Waals surface area (Å²) >= 11 is 1.42. The summed E-state index contributed by atoms with van der Waals surface area (Å²) in [5.41, 5.74) is 10.4. The van der Waals surface area contributed by atoms with Gasteiger partial charge in [0.2, 0.25) is 5.91 Å². The number of aromatic nitrogens is 3. The average molecular weight is 979 g/mol. The lowest BCUT2D eigenvalue weighted by Gasteiger charge is -2.43. The summed E-state index contributed by atoms with van der Waals surface area (Å²) in [5.74, 6) is -1.86. The van der Waals surface area contributed by atoms with Crippen molar-refractivity contribution in [2.75, 3.05) is 78.5 Å². The third kappa shape index (κ3) is 9.43. The molecule has 1 aromatic carbocycles. The highest BCUT2D eigenvalue weighted by Gasteiger charge is 2.48. The molecule has 4 aromatic rings. The number of aryl methyl sites for hydroxylation is 1. The lowest BCUT2D eigenvalue weighted by atomic mass is 9.67. The number of pyridine rings is 1. The minimum Gasteiger partial charge on any atom is -0.464 e. The predicted molar refractivity (Wildman–Crippen MR) is 269 cm³/mol. The van der Waals surface area contributed by atoms with Crippen molar-refractivity contribution >= 4 is 58.0 Å². The van der Waals surface area contributed by atoms with Gasteiger partial charge in [0, 0.05) is 118 Å². The number of ether oxygens (including phenoxy) is 2. The fourth-order valence-corrected chi connectivity index (χ4v) is 12.6. The number of likely N-dealkylation sites (N-methyl/N-ethyl adjacent to an activating group) is 2. The number of amides is 4. The Morgan fingerprint density at radius 2 is 1.86 bits per heavy atom. The molecule has 2 unspecified atom stereocenters. The molecule has 0 saturated carbocycles. The first-order chi connectivity index (χ1) is 33.6. The molecule has 0 spiro atoms. The van der Waals surface area contributed by atoms with Crippen molar-refractivity contribution in [2.45, 2.75) is 110 Å². The van der Waals surface area contributed by atoms with Crippen molar-refractivity contribution in [3.05, 3.63) is 52.1 Å². The van der Waals surface area contributed by atoms with Gasteiger partial charge in [0.15, 0.2) is 0 Å². The third-order valence-electron chi connectivity index (χ3n) is 15.4. The zero-order valence-corrected chi connectivity index (χ0v) is 42.8. The van der Waals surface area contributed by atoms with Crippen molar-refractivity contribution in [2.24, 2.45) is 17.3 Å². The Morgan fingerprint density at radius 3 is 2.59 bits per heavy atom. The monoisotopic (exact) mass is 979 g/mol. The number of urea groups is 1. The molecular formula is C52H70N10O7S. The quantitative estimate of drug-likeness (QED) is 0.151. The number of carbonyl (C=O) groups excluding carboxylic acids is 5. The maximum atomic E-state index is 14.8. The van der Waals surface area contributed by atoms with Crippen LogP contribution in [0, 0.1) is 17.3 Å². The van der Waals surface area contributed by atoms with E-state index in [0.717, 1.165) is 95.7 Å². The number of hydrogen-bond acceptors (Lipinski definition) is 13. The predicted octanol–water partition coefficient (Wildman–Crippen LogP) is 5.87. The van der Waals surface area contributed by atoms with E-state index in [0.29, 0.717) is 50.4 Å². The van der Waals surface area contributed by atoms with Crippen molar-refractivity contribution in [3.8, 4) is 22.5 Å². The Bertz CT molecular complexity index is 2620. The zero-order valence-electron chi connectivity index (χ0n) is 42.0. The number of benzene rings is 1. The summed E-state index contributed by atoms with van der Waals surface area (Å²) in [6.07, 6.45) is 5.52. The molecule has 0 radical (unpaired) electrons. The molecule has 4 amide bonds. The van der Waals surface area contributed by atoms with Crippen LogP contribution in [0.1, 0.15) is 95.0 Å². The van der Waals surface area contributed by atoms with E-state index >= 15 is 0 Å². The van der Waals surface area contributed by atoms with Crippen LogP contribution in [-0.4, -0.2) is 156 Å². The molecular weight excluding hydrogens is 909 g/mol. The first-order valence-corrected chi connectivity index (χ1v) is 26.1. The lowest BCUT2D eigenvalue weighted by Crippen LogP contribution is -2.62. The number of anilines is 1. The normalized spacial score (nSPS) is 24.5. The standard InChI is InChI=1S/C52H70N10O7S/c1-9-61-40-15-14-33-24-35(40)42-43(47(68-8)44-36(46(42)61)25-34(27-53-44)59-21-19-57(6)20-22-59)52(4,5)30-69-50(66)37-13-11-18-62(56-37)49(65)38(26-41-54-39(33)29-70-41)55-48(64)45(31(2)3)58(7)51(67)60-17-10-12-32(28-60)16-23-63/h14-15,23-25,27,29,31-32,37-38,43,45,47,56H,9-13,16-22,26,28,30H2,1-8H3,(H,55,64)/t32?,37-,38-,43?,45-,47-/m0/s1. The largest absolute Gasteiger partial charge is 0.464 e. The molecule has 6 atom stereocenters. The van der Waals surface area contributed by atoms with Gasteiger partial charge in [0.1, 0.15) is 30.5 Å². The number of fused-ring (bicyclic) bond motifs is 8. The lowest BCUT2D eigenvalue weighted by molar-refractivity contribution is -0.156. The fourth-order valence-electron chi connectivity index (χ4n) is 11.7.